The SMILES string of the molecule is CCOCC(Cc1ccc(Br)s1)NC. The van der Waals surface area contributed by atoms with E-state index in [1.165, 1.54) is 8.66 Å². The van der Waals surface area contributed by atoms with Crippen molar-refractivity contribution in [1.82, 2.24) is 5.32 Å². The van der Waals surface area contributed by atoms with Crippen molar-refractivity contribution in [2.24, 2.45) is 0 Å². The third-order valence-corrected chi connectivity index (χ3v) is 3.65. The molecule has 0 saturated carbocycles. The van der Waals surface area contributed by atoms with Gasteiger partial charge in [-0.15, -0.1) is 11.3 Å². The second-order valence-electron chi connectivity index (χ2n) is 3.06. The van der Waals surface area contributed by atoms with Gasteiger partial charge in [0.15, 0.2) is 0 Å². The van der Waals surface area contributed by atoms with Crippen molar-refractivity contribution in [1.29, 1.82) is 0 Å². The molecule has 0 aliphatic heterocycles. The molecule has 80 valence electrons. The smallest absolute Gasteiger partial charge is 0.0701 e. The van der Waals surface area contributed by atoms with E-state index in [-0.39, 0.29) is 0 Å². The molecule has 14 heavy (non-hydrogen) atoms. The highest BCUT2D eigenvalue weighted by Crippen LogP contribution is 2.23. The fourth-order valence-corrected chi connectivity index (χ4v) is 2.77. The van der Waals surface area contributed by atoms with Crippen molar-refractivity contribution in [2.75, 3.05) is 20.3 Å². The molecule has 0 aliphatic carbocycles. The van der Waals surface area contributed by atoms with Crippen LogP contribution in [0.5, 0.6) is 0 Å². The number of ether oxygens (including phenoxy) is 1. The first kappa shape index (κ1) is 12.2. The lowest BCUT2D eigenvalue weighted by atomic mass is 10.2. The number of likely N-dealkylation sites (N-methyl/N-ethyl adjacent to an activating group) is 1. The van der Waals surface area contributed by atoms with Gasteiger partial charge in [0.05, 0.1) is 10.4 Å². The fraction of sp³-hybridized carbons (Fsp3) is 0.600. The fourth-order valence-electron chi connectivity index (χ4n) is 1.21. The standard InChI is InChI=1S/C10H16BrNOS/c1-3-13-7-8(12-2)6-9-4-5-10(11)14-9/h4-5,8,12H,3,6-7H2,1-2H3. The maximum absolute atomic E-state index is 5.40. The summed E-state index contributed by atoms with van der Waals surface area (Å²) in [6.07, 6.45) is 1.03. The third-order valence-electron chi connectivity index (χ3n) is 2.01. The first-order valence-corrected chi connectivity index (χ1v) is 6.36. The zero-order valence-electron chi connectivity index (χ0n) is 8.55. The summed E-state index contributed by atoms with van der Waals surface area (Å²) in [5.74, 6) is 0. The maximum atomic E-state index is 5.40. The van der Waals surface area contributed by atoms with Gasteiger partial charge in [-0.25, -0.2) is 0 Å². The summed E-state index contributed by atoms with van der Waals surface area (Å²) in [7, 11) is 1.98. The highest BCUT2D eigenvalue weighted by molar-refractivity contribution is 9.11. The topological polar surface area (TPSA) is 21.3 Å². The highest BCUT2D eigenvalue weighted by Gasteiger charge is 2.08. The Balaban J connectivity index is 2.40. The first-order chi connectivity index (χ1) is 6.76. The zero-order valence-corrected chi connectivity index (χ0v) is 11.0. The molecule has 0 aromatic carbocycles. The van der Waals surface area contributed by atoms with Crippen LogP contribution in [0.25, 0.3) is 0 Å². The van der Waals surface area contributed by atoms with Crippen molar-refractivity contribution >= 4 is 27.3 Å². The van der Waals surface area contributed by atoms with Gasteiger partial charge in [-0.05, 0) is 48.5 Å². The van der Waals surface area contributed by atoms with Crippen molar-refractivity contribution < 1.29 is 4.74 Å². The van der Waals surface area contributed by atoms with Crippen molar-refractivity contribution in [3.05, 3.63) is 20.8 Å². The zero-order chi connectivity index (χ0) is 10.4. The quantitative estimate of drug-likeness (QED) is 0.863. The van der Waals surface area contributed by atoms with Crippen LogP contribution in [-0.4, -0.2) is 26.3 Å². The number of halogens is 1. The van der Waals surface area contributed by atoms with Gasteiger partial charge >= 0.3 is 0 Å². The molecule has 2 nitrogen and oxygen atoms in total. The van der Waals surface area contributed by atoms with Gasteiger partial charge in [-0.1, -0.05) is 0 Å². The van der Waals surface area contributed by atoms with Gasteiger partial charge in [-0.2, -0.15) is 0 Å². The minimum Gasteiger partial charge on any atom is -0.380 e. The van der Waals surface area contributed by atoms with E-state index in [4.69, 9.17) is 4.74 Å². The van der Waals surface area contributed by atoms with Crippen molar-refractivity contribution in [3.8, 4) is 0 Å². The van der Waals surface area contributed by atoms with Crippen molar-refractivity contribution in [3.63, 3.8) is 0 Å². The van der Waals surface area contributed by atoms with E-state index in [0.717, 1.165) is 19.6 Å². The van der Waals surface area contributed by atoms with E-state index in [2.05, 4.69) is 33.4 Å². The first-order valence-electron chi connectivity index (χ1n) is 4.75. The molecule has 0 fully saturated rings. The van der Waals surface area contributed by atoms with Crippen LogP contribution in [0.15, 0.2) is 15.9 Å². The summed E-state index contributed by atoms with van der Waals surface area (Å²) < 4.78 is 6.59. The van der Waals surface area contributed by atoms with Gasteiger partial charge in [0, 0.05) is 17.5 Å². The molecule has 1 N–H and O–H groups in total. The van der Waals surface area contributed by atoms with E-state index >= 15 is 0 Å². The number of thiophene rings is 1. The summed E-state index contributed by atoms with van der Waals surface area (Å²) in [6.45, 7) is 3.59. The molecule has 0 bridgehead atoms. The van der Waals surface area contributed by atoms with Gasteiger partial charge in [-0.3, -0.25) is 0 Å². The Hall–Kier alpha value is 0.1000. The minimum atomic E-state index is 0.417. The van der Waals surface area contributed by atoms with E-state index in [1.807, 2.05) is 14.0 Å². The Labute approximate surface area is 97.8 Å². The normalized spacial score (nSPS) is 13.1. The molecular weight excluding hydrogens is 262 g/mol. The second-order valence-corrected chi connectivity index (χ2v) is 5.60. The number of nitrogens with one attached hydrogen (secondary N) is 1. The summed E-state index contributed by atoms with van der Waals surface area (Å²) >= 11 is 5.25. The number of hydrogen-bond donors (Lipinski definition) is 1. The van der Waals surface area contributed by atoms with E-state index in [9.17, 15) is 0 Å². The van der Waals surface area contributed by atoms with Gasteiger partial charge < -0.3 is 10.1 Å². The number of hydrogen-bond acceptors (Lipinski definition) is 3. The molecule has 0 radical (unpaired) electrons. The lowest BCUT2D eigenvalue weighted by Gasteiger charge is -2.14. The molecule has 1 rings (SSSR count). The molecule has 0 aliphatic rings. The predicted octanol–water partition coefficient (Wildman–Crippen LogP) is 2.68. The molecule has 1 aromatic rings. The largest absolute Gasteiger partial charge is 0.380 e. The monoisotopic (exact) mass is 277 g/mol. The lowest BCUT2D eigenvalue weighted by Crippen LogP contribution is -2.32. The molecule has 1 aromatic heterocycles. The second kappa shape index (κ2) is 6.56. The molecule has 0 spiro atoms. The van der Waals surface area contributed by atoms with Crippen LogP contribution in [0.1, 0.15) is 11.8 Å². The number of rotatable bonds is 6. The van der Waals surface area contributed by atoms with Crippen LogP contribution in [0.4, 0.5) is 0 Å². The van der Waals surface area contributed by atoms with Crippen LogP contribution in [0.3, 0.4) is 0 Å². The Kier molecular flexibility index (Phi) is 5.70. The Morgan fingerprint density at radius 2 is 2.36 bits per heavy atom. The lowest BCUT2D eigenvalue weighted by molar-refractivity contribution is 0.125. The minimum absolute atomic E-state index is 0.417. The van der Waals surface area contributed by atoms with E-state index in [0.29, 0.717) is 6.04 Å². The predicted molar refractivity (Wildman–Crippen MR) is 65.1 cm³/mol. The highest BCUT2D eigenvalue weighted by atomic mass is 79.9. The van der Waals surface area contributed by atoms with Crippen molar-refractivity contribution in [2.45, 2.75) is 19.4 Å². The molecule has 1 atom stereocenters. The Morgan fingerprint density at radius 3 is 2.86 bits per heavy atom. The van der Waals surface area contributed by atoms with Gasteiger partial charge in [0.1, 0.15) is 0 Å². The Bertz CT molecular complexity index is 264. The average molecular weight is 278 g/mol. The van der Waals surface area contributed by atoms with Crippen LogP contribution < -0.4 is 5.32 Å². The summed E-state index contributed by atoms with van der Waals surface area (Å²) in [6, 6.07) is 4.67. The molecule has 4 heteroatoms. The molecular formula is C10H16BrNOS. The maximum Gasteiger partial charge on any atom is 0.0701 e. The molecule has 1 unspecified atom stereocenters. The van der Waals surface area contributed by atoms with Gasteiger partial charge in [0.2, 0.25) is 0 Å². The molecule has 0 saturated heterocycles. The summed E-state index contributed by atoms with van der Waals surface area (Å²) in [5.41, 5.74) is 0. The summed E-state index contributed by atoms with van der Waals surface area (Å²) in [5, 5.41) is 3.26. The van der Waals surface area contributed by atoms with Crippen LogP contribution in [0.2, 0.25) is 0 Å². The average Bonchev–Trinajstić information content (AvgIpc) is 2.58. The Morgan fingerprint density at radius 1 is 1.57 bits per heavy atom. The molecule has 0 amide bonds. The van der Waals surface area contributed by atoms with Crippen LogP contribution >= 0.6 is 27.3 Å². The summed E-state index contributed by atoms with van der Waals surface area (Å²) in [4.78, 5) is 1.39. The van der Waals surface area contributed by atoms with Crippen LogP contribution in [0, 0.1) is 0 Å². The van der Waals surface area contributed by atoms with E-state index in [1.54, 1.807) is 11.3 Å². The molecule has 1 heterocycles. The third kappa shape index (κ3) is 4.09. The van der Waals surface area contributed by atoms with Crippen LogP contribution in [-0.2, 0) is 11.2 Å². The van der Waals surface area contributed by atoms with E-state index < -0.39 is 0 Å². The van der Waals surface area contributed by atoms with Gasteiger partial charge in [0.25, 0.3) is 0 Å².